The van der Waals surface area contributed by atoms with Gasteiger partial charge in [0.15, 0.2) is 0 Å². The maximum absolute atomic E-state index is 6.03. The van der Waals surface area contributed by atoms with Crippen molar-refractivity contribution in [3.05, 3.63) is 0 Å². The number of rotatable bonds is 5. The summed E-state index contributed by atoms with van der Waals surface area (Å²) in [5, 5.41) is 0. The van der Waals surface area contributed by atoms with Crippen molar-refractivity contribution in [2.45, 2.75) is 45.2 Å². The normalized spacial score (nSPS) is 30.0. The van der Waals surface area contributed by atoms with Gasteiger partial charge in [-0.2, -0.15) is 0 Å². The lowest BCUT2D eigenvalue weighted by atomic mass is 9.93. The molecular formula is C12H27N3. The van der Waals surface area contributed by atoms with E-state index in [1.54, 1.807) is 0 Å². The number of hydrogen-bond donors (Lipinski definition) is 1. The molecule has 2 atom stereocenters. The Morgan fingerprint density at radius 2 is 2.13 bits per heavy atom. The first kappa shape index (κ1) is 12.9. The van der Waals surface area contributed by atoms with Crippen molar-refractivity contribution in [2.75, 3.05) is 33.2 Å². The monoisotopic (exact) mass is 213 g/mol. The van der Waals surface area contributed by atoms with E-state index in [2.05, 4.69) is 37.6 Å². The molecular weight excluding hydrogens is 186 g/mol. The van der Waals surface area contributed by atoms with Crippen molar-refractivity contribution < 1.29 is 0 Å². The third-order valence-electron chi connectivity index (χ3n) is 3.98. The number of nitrogens with zero attached hydrogens (tertiary/aromatic N) is 2. The molecule has 1 saturated heterocycles. The molecule has 0 saturated carbocycles. The van der Waals surface area contributed by atoms with Crippen molar-refractivity contribution in [2.24, 2.45) is 5.73 Å². The highest BCUT2D eigenvalue weighted by atomic mass is 15.3. The molecule has 1 fully saturated rings. The van der Waals surface area contributed by atoms with Gasteiger partial charge in [-0.3, -0.25) is 4.90 Å². The molecule has 0 spiro atoms. The van der Waals surface area contributed by atoms with Crippen LogP contribution in [0.25, 0.3) is 0 Å². The lowest BCUT2D eigenvalue weighted by molar-refractivity contribution is 0.0658. The van der Waals surface area contributed by atoms with Crippen molar-refractivity contribution in [3.8, 4) is 0 Å². The van der Waals surface area contributed by atoms with Crippen molar-refractivity contribution in [3.63, 3.8) is 0 Å². The summed E-state index contributed by atoms with van der Waals surface area (Å²) in [4.78, 5) is 5.01. The molecule has 90 valence electrons. The Hall–Kier alpha value is -0.120. The Bertz CT molecular complexity index is 195. The highest BCUT2D eigenvalue weighted by Gasteiger charge is 2.41. The van der Waals surface area contributed by atoms with E-state index in [0.717, 1.165) is 19.6 Å². The lowest BCUT2D eigenvalue weighted by Crippen LogP contribution is -2.58. The highest BCUT2D eigenvalue weighted by Crippen LogP contribution is 2.28. The average molecular weight is 213 g/mol. The fraction of sp³-hybridized carbons (Fsp3) is 1.00. The minimum absolute atomic E-state index is 0.235. The van der Waals surface area contributed by atoms with Gasteiger partial charge in [-0.25, -0.2) is 0 Å². The highest BCUT2D eigenvalue weighted by molar-refractivity contribution is 5.00. The van der Waals surface area contributed by atoms with Gasteiger partial charge in [0.05, 0.1) is 0 Å². The van der Waals surface area contributed by atoms with E-state index in [1.165, 1.54) is 19.4 Å². The van der Waals surface area contributed by atoms with E-state index in [4.69, 9.17) is 5.73 Å². The van der Waals surface area contributed by atoms with Crippen LogP contribution in [-0.2, 0) is 0 Å². The first-order chi connectivity index (χ1) is 7.09. The SMILES string of the molecule is CCC(C)N(CC)C1(CN)CCN(C)C1. The zero-order chi connectivity index (χ0) is 11.5. The zero-order valence-corrected chi connectivity index (χ0v) is 10.8. The van der Waals surface area contributed by atoms with Crippen LogP contribution in [0, 0.1) is 0 Å². The summed E-state index contributed by atoms with van der Waals surface area (Å²) in [6, 6.07) is 0.644. The molecule has 0 aliphatic carbocycles. The second-order valence-corrected chi connectivity index (χ2v) is 4.96. The van der Waals surface area contributed by atoms with Gasteiger partial charge in [-0.15, -0.1) is 0 Å². The Kier molecular flexibility index (Phi) is 4.56. The van der Waals surface area contributed by atoms with Gasteiger partial charge >= 0.3 is 0 Å². The molecule has 1 aliphatic heterocycles. The molecule has 0 aromatic rings. The lowest BCUT2D eigenvalue weighted by Gasteiger charge is -2.43. The number of nitrogens with two attached hydrogens (primary N) is 1. The molecule has 0 aromatic carbocycles. The van der Waals surface area contributed by atoms with Gasteiger partial charge in [-0.1, -0.05) is 13.8 Å². The third kappa shape index (κ3) is 2.52. The Morgan fingerprint density at radius 1 is 1.47 bits per heavy atom. The predicted molar refractivity (Wildman–Crippen MR) is 66.0 cm³/mol. The quantitative estimate of drug-likeness (QED) is 0.743. The van der Waals surface area contributed by atoms with Crippen LogP contribution in [0.3, 0.4) is 0 Å². The second-order valence-electron chi connectivity index (χ2n) is 4.96. The number of likely N-dealkylation sites (N-methyl/N-ethyl adjacent to an activating group) is 2. The van der Waals surface area contributed by atoms with Crippen LogP contribution < -0.4 is 5.73 Å². The molecule has 0 aromatic heterocycles. The Balaban J connectivity index is 2.78. The van der Waals surface area contributed by atoms with Gasteiger partial charge in [0.1, 0.15) is 0 Å². The van der Waals surface area contributed by atoms with E-state index in [-0.39, 0.29) is 5.54 Å². The summed E-state index contributed by atoms with van der Waals surface area (Å²) in [6.07, 6.45) is 2.43. The van der Waals surface area contributed by atoms with Crippen LogP contribution >= 0.6 is 0 Å². The topological polar surface area (TPSA) is 32.5 Å². The van der Waals surface area contributed by atoms with Crippen molar-refractivity contribution in [1.82, 2.24) is 9.80 Å². The molecule has 0 radical (unpaired) electrons. The molecule has 1 rings (SSSR count). The van der Waals surface area contributed by atoms with Crippen LogP contribution in [-0.4, -0.2) is 54.6 Å². The maximum Gasteiger partial charge on any atom is 0.0473 e. The van der Waals surface area contributed by atoms with Gasteiger partial charge in [-0.05, 0) is 39.9 Å². The van der Waals surface area contributed by atoms with Gasteiger partial charge in [0.2, 0.25) is 0 Å². The molecule has 2 N–H and O–H groups in total. The number of hydrogen-bond acceptors (Lipinski definition) is 3. The van der Waals surface area contributed by atoms with Gasteiger partial charge in [0.25, 0.3) is 0 Å². The summed E-state index contributed by atoms with van der Waals surface area (Å²) in [6.45, 7) is 11.0. The Morgan fingerprint density at radius 3 is 2.47 bits per heavy atom. The first-order valence-corrected chi connectivity index (χ1v) is 6.25. The summed E-state index contributed by atoms with van der Waals surface area (Å²) >= 11 is 0. The molecule has 3 heteroatoms. The van der Waals surface area contributed by atoms with Crippen LogP contribution in [0.2, 0.25) is 0 Å². The fourth-order valence-corrected chi connectivity index (χ4v) is 2.91. The fourth-order valence-electron chi connectivity index (χ4n) is 2.91. The van der Waals surface area contributed by atoms with E-state index in [9.17, 15) is 0 Å². The molecule has 1 heterocycles. The molecule has 0 bridgehead atoms. The van der Waals surface area contributed by atoms with Gasteiger partial charge in [0, 0.05) is 24.7 Å². The summed E-state index contributed by atoms with van der Waals surface area (Å²) in [5.74, 6) is 0. The first-order valence-electron chi connectivity index (χ1n) is 6.25. The van der Waals surface area contributed by atoms with E-state index in [0.29, 0.717) is 6.04 Å². The van der Waals surface area contributed by atoms with Crippen molar-refractivity contribution in [1.29, 1.82) is 0 Å². The van der Waals surface area contributed by atoms with Crippen LogP contribution in [0.1, 0.15) is 33.6 Å². The van der Waals surface area contributed by atoms with E-state index in [1.807, 2.05) is 0 Å². The second kappa shape index (κ2) is 5.28. The average Bonchev–Trinajstić information content (AvgIpc) is 2.62. The van der Waals surface area contributed by atoms with E-state index >= 15 is 0 Å². The van der Waals surface area contributed by atoms with Crippen LogP contribution in [0.4, 0.5) is 0 Å². The smallest absolute Gasteiger partial charge is 0.0473 e. The minimum atomic E-state index is 0.235. The Labute approximate surface area is 94.6 Å². The summed E-state index contributed by atoms with van der Waals surface area (Å²) in [5.41, 5.74) is 6.27. The molecule has 1 aliphatic rings. The summed E-state index contributed by atoms with van der Waals surface area (Å²) < 4.78 is 0. The standard InChI is InChI=1S/C12H27N3/c1-5-11(3)15(6-2)12(9-13)7-8-14(4)10-12/h11H,5-10,13H2,1-4H3. The third-order valence-corrected chi connectivity index (χ3v) is 3.98. The van der Waals surface area contributed by atoms with E-state index < -0.39 is 0 Å². The number of likely N-dealkylation sites (tertiary alicyclic amines) is 1. The van der Waals surface area contributed by atoms with Crippen LogP contribution in [0.15, 0.2) is 0 Å². The molecule has 15 heavy (non-hydrogen) atoms. The molecule has 3 nitrogen and oxygen atoms in total. The predicted octanol–water partition coefficient (Wildman–Crippen LogP) is 1.14. The maximum atomic E-state index is 6.03. The van der Waals surface area contributed by atoms with Crippen molar-refractivity contribution >= 4 is 0 Å². The summed E-state index contributed by atoms with van der Waals surface area (Å²) in [7, 11) is 2.20. The molecule has 0 amide bonds. The minimum Gasteiger partial charge on any atom is -0.329 e. The largest absolute Gasteiger partial charge is 0.329 e. The zero-order valence-electron chi connectivity index (χ0n) is 10.8. The van der Waals surface area contributed by atoms with Crippen LogP contribution in [0.5, 0.6) is 0 Å². The molecule has 2 unspecified atom stereocenters. The van der Waals surface area contributed by atoms with Gasteiger partial charge < -0.3 is 10.6 Å².